The van der Waals surface area contributed by atoms with Gasteiger partial charge < -0.3 is 10.1 Å². The van der Waals surface area contributed by atoms with Gasteiger partial charge in [-0.25, -0.2) is 0 Å². The third kappa shape index (κ3) is 4.40. The summed E-state index contributed by atoms with van der Waals surface area (Å²) in [4.78, 5) is 22.3. The van der Waals surface area contributed by atoms with Crippen LogP contribution in [-0.4, -0.2) is 23.1 Å². The molecule has 0 fully saturated rings. The predicted molar refractivity (Wildman–Crippen MR) is 94.8 cm³/mol. The molecule has 0 bridgehead atoms. The van der Waals surface area contributed by atoms with Crippen LogP contribution in [0.25, 0.3) is 0 Å². The molecule has 2 N–H and O–H groups in total. The third-order valence-electron chi connectivity index (χ3n) is 2.96. The average molecular weight is 366 g/mol. The molecule has 24 heavy (non-hydrogen) atoms. The Balaban J connectivity index is 2.04. The van der Waals surface area contributed by atoms with Gasteiger partial charge in [0.25, 0.3) is 11.6 Å². The second kappa shape index (κ2) is 7.71. The van der Waals surface area contributed by atoms with Crippen LogP contribution in [0.5, 0.6) is 5.75 Å². The quantitative estimate of drug-likeness (QED) is 0.490. The number of hydrogen-bond acceptors (Lipinski definition) is 5. The van der Waals surface area contributed by atoms with Crippen LogP contribution >= 0.6 is 23.8 Å². The summed E-state index contributed by atoms with van der Waals surface area (Å²) in [6.45, 7) is 0. The molecule has 0 aromatic heterocycles. The largest absolute Gasteiger partial charge is 0.495 e. The Morgan fingerprint density at radius 3 is 2.67 bits per heavy atom. The highest BCUT2D eigenvalue weighted by atomic mass is 35.5. The first-order valence-corrected chi connectivity index (χ1v) is 7.39. The van der Waals surface area contributed by atoms with Crippen LogP contribution in [0, 0.1) is 10.1 Å². The first-order valence-electron chi connectivity index (χ1n) is 6.61. The maximum absolute atomic E-state index is 12.1. The number of amides is 1. The van der Waals surface area contributed by atoms with Crippen molar-refractivity contribution in [3.05, 3.63) is 63.2 Å². The van der Waals surface area contributed by atoms with Gasteiger partial charge in [-0.05, 0) is 36.5 Å². The molecule has 2 rings (SSSR count). The molecule has 0 radical (unpaired) electrons. The van der Waals surface area contributed by atoms with E-state index in [0.29, 0.717) is 22.0 Å². The molecule has 124 valence electrons. The van der Waals surface area contributed by atoms with Crippen molar-refractivity contribution in [2.45, 2.75) is 0 Å². The van der Waals surface area contributed by atoms with E-state index in [4.69, 9.17) is 28.6 Å². The second-order valence-electron chi connectivity index (χ2n) is 4.57. The summed E-state index contributed by atoms with van der Waals surface area (Å²) in [7, 11) is 1.47. The molecule has 9 heteroatoms. The van der Waals surface area contributed by atoms with E-state index < -0.39 is 10.8 Å². The molecule has 0 atom stereocenters. The molecule has 0 aliphatic carbocycles. The lowest BCUT2D eigenvalue weighted by Gasteiger charge is -2.10. The molecule has 2 aromatic carbocycles. The van der Waals surface area contributed by atoms with Gasteiger partial charge in [0.05, 0.1) is 17.1 Å². The molecule has 0 heterocycles. The second-order valence-corrected chi connectivity index (χ2v) is 5.38. The summed E-state index contributed by atoms with van der Waals surface area (Å²) in [5.41, 5.74) is 0.599. The monoisotopic (exact) mass is 365 g/mol. The number of nitrogens with one attached hydrogen (secondary N) is 2. The zero-order valence-corrected chi connectivity index (χ0v) is 14.0. The summed E-state index contributed by atoms with van der Waals surface area (Å²) in [6.07, 6.45) is 0. The highest BCUT2D eigenvalue weighted by Crippen LogP contribution is 2.24. The minimum absolute atomic E-state index is 0.00689. The van der Waals surface area contributed by atoms with Crippen molar-refractivity contribution in [3.8, 4) is 5.75 Å². The lowest BCUT2D eigenvalue weighted by atomic mass is 10.2. The molecule has 0 saturated carbocycles. The average Bonchev–Trinajstić information content (AvgIpc) is 2.54. The first kappa shape index (κ1) is 17.6. The molecule has 2 aromatic rings. The number of non-ortho nitro benzene ring substituents is 1. The highest BCUT2D eigenvalue weighted by molar-refractivity contribution is 7.80. The zero-order valence-electron chi connectivity index (χ0n) is 12.4. The van der Waals surface area contributed by atoms with Crippen molar-refractivity contribution < 1.29 is 14.5 Å². The number of nitro benzene ring substituents is 1. The van der Waals surface area contributed by atoms with Crippen molar-refractivity contribution in [2.24, 2.45) is 0 Å². The van der Waals surface area contributed by atoms with Crippen molar-refractivity contribution in [3.63, 3.8) is 0 Å². The number of nitrogens with zero attached hydrogens (tertiary/aromatic N) is 1. The number of benzene rings is 2. The number of hydrogen-bond donors (Lipinski definition) is 2. The fourth-order valence-electron chi connectivity index (χ4n) is 1.84. The number of halogens is 1. The Hall–Kier alpha value is -2.71. The van der Waals surface area contributed by atoms with Crippen LogP contribution in [0.3, 0.4) is 0 Å². The van der Waals surface area contributed by atoms with Gasteiger partial charge in [-0.3, -0.25) is 20.2 Å². The maximum atomic E-state index is 12.1. The minimum atomic E-state index is -0.522. The van der Waals surface area contributed by atoms with E-state index in [1.807, 2.05) is 0 Å². The molecule has 0 saturated heterocycles. The molecule has 0 unspecified atom stereocenters. The van der Waals surface area contributed by atoms with Gasteiger partial charge in [0.1, 0.15) is 5.75 Å². The van der Waals surface area contributed by atoms with Crippen molar-refractivity contribution in [2.75, 3.05) is 12.4 Å². The number of methoxy groups -OCH3 is 1. The lowest BCUT2D eigenvalue weighted by molar-refractivity contribution is -0.384. The first-order chi connectivity index (χ1) is 11.4. The van der Waals surface area contributed by atoms with Crippen LogP contribution in [0.15, 0.2) is 42.5 Å². The van der Waals surface area contributed by atoms with Crippen LogP contribution in [0.1, 0.15) is 10.4 Å². The molecular weight excluding hydrogens is 354 g/mol. The number of rotatable bonds is 4. The highest BCUT2D eigenvalue weighted by Gasteiger charge is 2.12. The minimum Gasteiger partial charge on any atom is -0.495 e. The van der Waals surface area contributed by atoms with Crippen LogP contribution in [0.4, 0.5) is 11.4 Å². The summed E-state index contributed by atoms with van der Waals surface area (Å²) in [6, 6.07) is 10.3. The number of ether oxygens (including phenoxy) is 1. The van der Waals surface area contributed by atoms with Gasteiger partial charge in [-0.15, -0.1) is 0 Å². The van der Waals surface area contributed by atoms with E-state index in [1.54, 1.807) is 12.1 Å². The molecule has 0 spiro atoms. The zero-order chi connectivity index (χ0) is 17.7. The topological polar surface area (TPSA) is 93.5 Å². The Kier molecular flexibility index (Phi) is 5.67. The Labute approximate surface area is 147 Å². The SMILES string of the molecule is COc1ccc(C(=O)NC(=S)Nc2cccc([N+](=O)[O-])c2)cc1Cl. The molecule has 0 aliphatic heterocycles. The fourth-order valence-corrected chi connectivity index (χ4v) is 2.31. The van der Waals surface area contributed by atoms with Crippen LogP contribution in [0.2, 0.25) is 5.02 Å². The van der Waals surface area contributed by atoms with Gasteiger partial charge in [0.15, 0.2) is 5.11 Å². The molecular formula is C15H12ClN3O4S. The number of anilines is 1. The van der Waals surface area contributed by atoms with E-state index in [0.717, 1.165) is 0 Å². The van der Waals surface area contributed by atoms with Crippen molar-refractivity contribution in [1.82, 2.24) is 5.32 Å². The number of carbonyl (C=O) groups excluding carboxylic acids is 1. The predicted octanol–water partition coefficient (Wildman–Crippen LogP) is 3.38. The Morgan fingerprint density at radius 1 is 1.29 bits per heavy atom. The standard InChI is InChI=1S/C15H12ClN3O4S/c1-23-13-6-5-9(7-12(13)16)14(20)18-15(24)17-10-3-2-4-11(8-10)19(21)22/h2-8H,1H3,(H2,17,18,20,24). The van der Waals surface area contributed by atoms with Gasteiger partial charge in [0.2, 0.25) is 0 Å². The van der Waals surface area contributed by atoms with Gasteiger partial charge in [-0.1, -0.05) is 17.7 Å². The van der Waals surface area contributed by atoms with Gasteiger partial charge >= 0.3 is 0 Å². The molecule has 7 nitrogen and oxygen atoms in total. The Morgan fingerprint density at radius 2 is 2.04 bits per heavy atom. The van der Waals surface area contributed by atoms with Gasteiger partial charge in [0, 0.05) is 23.4 Å². The van der Waals surface area contributed by atoms with Crippen LogP contribution in [-0.2, 0) is 0 Å². The van der Waals surface area contributed by atoms with E-state index in [2.05, 4.69) is 10.6 Å². The van der Waals surface area contributed by atoms with E-state index in [-0.39, 0.29) is 10.8 Å². The van der Waals surface area contributed by atoms with Crippen LogP contribution < -0.4 is 15.4 Å². The summed E-state index contributed by atoms with van der Waals surface area (Å²) < 4.78 is 5.01. The van der Waals surface area contributed by atoms with E-state index in [1.165, 1.54) is 37.4 Å². The number of nitro groups is 1. The summed E-state index contributed by atoms with van der Waals surface area (Å²) in [5, 5.41) is 16.2. The summed E-state index contributed by atoms with van der Waals surface area (Å²) in [5.74, 6) is -0.0204. The number of thiocarbonyl (C=S) groups is 1. The van der Waals surface area contributed by atoms with Gasteiger partial charge in [-0.2, -0.15) is 0 Å². The van der Waals surface area contributed by atoms with Crippen molar-refractivity contribution in [1.29, 1.82) is 0 Å². The lowest BCUT2D eigenvalue weighted by Crippen LogP contribution is -2.34. The fraction of sp³-hybridized carbons (Fsp3) is 0.0667. The van der Waals surface area contributed by atoms with Crippen molar-refractivity contribution >= 4 is 46.2 Å². The van der Waals surface area contributed by atoms with E-state index >= 15 is 0 Å². The smallest absolute Gasteiger partial charge is 0.271 e. The number of carbonyl (C=O) groups is 1. The van der Waals surface area contributed by atoms with E-state index in [9.17, 15) is 14.9 Å². The maximum Gasteiger partial charge on any atom is 0.271 e. The normalized spacial score (nSPS) is 9.92. The molecule has 1 amide bonds. The summed E-state index contributed by atoms with van der Waals surface area (Å²) >= 11 is 11.0. The molecule has 0 aliphatic rings. The third-order valence-corrected chi connectivity index (χ3v) is 3.46. The Bertz CT molecular complexity index is 813.